The molecule has 0 radical (unpaired) electrons. The van der Waals surface area contributed by atoms with Crippen LogP contribution in [-0.2, 0) is 4.74 Å². The normalized spacial score (nSPS) is 32.7. The molecule has 1 aliphatic carbocycles. The van der Waals surface area contributed by atoms with Gasteiger partial charge in [-0.1, -0.05) is 6.42 Å². The largest absolute Gasteiger partial charge is 0.444 e. The number of hydrogen-bond acceptors (Lipinski definition) is 3. The molecule has 0 aromatic carbocycles. The van der Waals surface area contributed by atoms with E-state index in [-0.39, 0.29) is 11.6 Å². The lowest BCUT2D eigenvalue weighted by atomic mass is 9.80. The molecule has 98 valence electrons. The number of hydrogen-bond donors (Lipinski definition) is 1. The summed E-state index contributed by atoms with van der Waals surface area (Å²) in [6, 6.07) is 0. The summed E-state index contributed by atoms with van der Waals surface area (Å²) in [5, 5.41) is 0. The number of nitrogens with zero attached hydrogens (tertiary/aromatic N) is 1. The maximum atomic E-state index is 12.2. The van der Waals surface area contributed by atoms with E-state index in [9.17, 15) is 4.79 Å². The second kappa shape index (κ2) is 4.16. The van der Waals surface area contributed by atoms with Gasteiger partial charge in [0.1, 0.15) is 5.60 Å². The van der Waals surface area contributed by atoms with Crippen molar-refractivity contribution >= 4 is 6.09 Å². The molecule has 4 nitrogen and oxygen atoms in total. The van der Waals surface area contributed by atoms with Gasteiger partial charge in [-0.15, -0.1) is 0 Å². The Morgan fingerprint density at radius 1 is 1.53 bits per heavy atom. The summed E-state index contributed by atoms with van der Waals surface area (Å²) < 4.78 is 5.49. The van der Waals surface area contributed by atoms with Gasteiger partial charge in [-0.2, -0.15) is 0 Å². The highest BCUT2D eigenvalue weighted by molar-refractivity contribution is 5.70. The van der Waals surface area contributed by atoms with E-state index >= 15 is 0 Å². The zero-order chi connectivity index (χ0) is 12.7. The summed E-state index contributed by atoms with van der Waals surface area (Å²) in [7, 11) is 0. The van der Waals surface area contributed by atoms with E-state index < -0.39 is 5.60 Å². The lowest BCUT2D eigenvalue weighted by Gasteiger charge is -2.39. The fraction of sp³-hybridized carbons (Fsp3) is 0.923. The van der Waals surface area contributed by atoms with E-state index in [1.165, 1.54) is 12.8 Å². The Kier molecular flexibility index (Phi) is 3.10. The van der Waals surface area contributed by atoms with Crippen LogP contribution in [0.2, 0.25) is 0 Å². The molecule has 2 atom stereocenters. The average Bonchev–Trinajstić information content (AvgIpc) is 2.48. The molecule has 0 aromatic rings. The fourth-order valence-electron chi connectivity index (χ4n) is 3.19. The summed E-state index contributed by atoms with van der Waals surface area (Å²) >= 11 is 0. The smallest absolute Gasteiger partial charge is 0.410 e. The predicted molar refractivity (Wildman–Crippen MR) is 66.7 cm³/mol. The minimum atomic E-state index is -0.427. The molecule has 1 heterocycles. The van der Waals surface area contributed by atoms with Gasteiger partial charge >= 0.3 is 6.09 Å². The number of rotatable bonds is 1. The molecule has 2 bridgehead atoms. The first-order chi connectivity index (χ1) is 7.86. The van der Waals surface area contributed by atoms with Crippen molar-refractivity contribution in [3.8, 4) is 0 Å². The van der Waals surface area contributed by atoms with Gasteiger partial charge in [0.15, 0.2) is 0 Å². The average molecular weight is 240 g/mol. The Balaban J connectivity index is 2.12. The van der Waals surface area contributed by atoms with Crippen LogP contribution in [-0.4, -0.2) is 35.2 Å². The number of ether oxygens (including phenoxy) is 1. The van der Waals surface area contributed by atoms with Gasteiger partial charge < -0.3 is 15.4 Å². The predicted octanol–water partition coefficient (Wildman–Crippen LogP) is 2.12. The number of amides is 1. The molecule has 0 unspecified atom stereocenters. The Hall–Kier alpha value is -0.770. The van der Waals surface area contributed by atoms with E-state index in [1.807, 2.05) is 25.7 Å². The summed E-state index contributed by atoms with van der Waals surface area (Å²) in [6.07, 6.45) is 4.30. The van der Waals surface area contributed by atoms with Crippen molar-refractivity contribution in [2.75, 3.05) is 13.1 Å². The Morgan fingerprint density at radius 3 is 2.82 bits per heavy atom. The van der Waals surface area contributed by atoms with Crippen LogP contribution < -0.4 is 5.73 Å². The maximum Gasteiger partial charge on any atom is 0.410 e. The third-order valence-corrected chi connectivity index (χ3v) is 3.93. The van der Waals surface area contributed by atoms with Gasteiger partial charge in [-0.25, -0.2) is 4.79 Å². The molecule has 0 aromatic heterocycles. The van der Waals surface area contributed by atoms with Crippen molar-refractivity contribution in [2.24, 2.45) is 11.7 Å². The minimum Gasteiger partial charge on any atom is -0.444 e. The zero-order valence-electron chi connectivity index (χ0n) is 11.2. The topological polar surface area (TPSA) is 55.6 Å². The molecule has 2 fully saturated rings. The molecular weight excluding hydrogens is 216 g/mol. The van der Waals surface area contributed by atoms with Crippen LogP contribution in [0, 0.1) is 5.92 Å². The Bertz CT molecular complexity index is 311. The van der Waals surface area contributed by atoms with Crippen molar-refractivity contribution in [2.45, 2.75) is 57.6 Å². The Morgan fingerprint density at radius 2 is 2.24 bits per heavy atom. The summed E-state index contributed by atoms with van der Waals surface area (Å²) in [5.74, 6) is 0.625. The number of carbonyl (C=O) groups excluding carboxylic acids is 1. The molecule has 1 amide bonds. The number of likely N-dealkylation sites (tertiary alicyclic amines) is 1. The zero-order valence-corrected chi connectivity index (χ0v) is 11.2. The van der Waals surface area contributed by atoms with Crippen LogP contribution in [0.4, 0.5) is 4.79 Å². The number of fused-ring (bicyclic) bond motifs is 2. The van der Waals surface area contributed by atoms with E-state index in [0.29, 0.717) is 12.5 Å². The molecule has 1 aliphatic heterocycles. The second-order valence-electron chi connectivity index (χ2n) is 6.48. The fourth-order valence-corrected chi connectivity index (χ4v) is 3.19. The molecule has 0 spiro atoms. The minimum absolute atomic E-state index is 0.120. The van der Waals surface area contributed by atoms with Crippen molar-refractivity contribution in [1.82, 2.24) is 4.90 Å². The monoisotopic (exact) mass is 240 g/mol. The molecular formula is C13H24N2O2. The van der Waals surface area contributed by atoms with E-state index in [0.717, 1.165) is 19.4 Å². The molecule has 1 saturated carbocycles. The van der Waals surface area contributed by atoms with Gasteiger partial charge in [0.2, 0.25) is 0 Å². The van der Waals surface area contributed by atoms with Crippen molar-refractivity contribution in [3.63, 3.8) is 0 Å². The molecule has 2 aliphatic rings. The lowest BCUT2D eigenvalue weighted by molar-refractivity contribution is 0.00792. The van der Waals surface area contributed by atoms with Crippen molar-refractivity contribution in [3.05, 3.63) is 0 Å². The van der Waals surface area contributed by atoms with Crippen LogP contribution in [0.3, 0.4) is 0 Å². The summed E-state index contributed by atoms with van der Waals surface area (Å²) in [5.41, 5.74) is 5.37. The van der Waals surface area contributed by atoms with Gasteiger partial charge in [-0.05, 0) is 46.0 Å². The third-order valence-electron chi connectivity index (χ3n) is 3.93. The van der Waals surface area contributed by atoms with Crippen LogP contribution in [0.1, 0.15) is 46.5 Å². The first kappa shape index (κ1) is 12.7. The standard InChI is InChI=1S/C13H24N2O2/c1-12(2,3)17-11(16)15-8-10-5-4-6-13(15,7-10)9-14/h10H,4-9,14H2,1-3H3/t10-,13+/m0/s1. The highest BCUT2D eigenvalue weighted by Crippen LogP contribution is 2.43. The maximum absolute atomic E-state index is 12.2. The molecule has 2 N–H and O–H groups in total. The van der Waals surface area contributed by atoms with Crippen LogP contribution in [0.25, 0.3) is 0 Å². The second-order valence-corrected chi connectivity index (χ2v) is 6.48. The van der Waals surface area contributed by atoms with Crippen LogP contribution >= 0.6 is 0 Å². The first-order valence-electron chi connectivity index (χ1n) is 6.57. The van der Waals surface area contributed by atoms with E-state index in [4.69, 9.17) is 10.5 Å². The quantitative estimate of drug-likeness (QED) is 0.764. The SMILES string of the molecule is CC(C)(C)OC(=O)N1C[C@H]2CCC[C@]1(CN)C2. The van der Waals surface area contributed by atoms with Crippen LogP contribution in [0.5, 0.6) is 0 Å². The summed E-state index contributed by atoms with van der Waals surface area (Å²) in [6.45, 7) is 7.10. The summed E-state index contributed by atoms with van der Waals surface area (Å²) in [4.78, 5) is 14.1. The molecule has 4 heteroatoms. The molecule has 2 rings (SSSR count). The van der Waals surface area contributed by atoms with Crippen molar-refractivity contribution < 1.29 is 9.53 Å². The lowest BCUT2D eigenvalue weighted by Crippen LogP contribution is -2.53. The molecule has 1 saturated heterocycles. The van der Waals surface area contributed by atoms with E-state index in [2.05, 4.69) is 0 Å². The highest BCUT2D eigenvalue weighted by Gasteiger charge is 2.50. The van der Waals surface area contributed by atoms with Crippen LogP contribution in [0.15, 0.2) is 0 Å². The Labute approximate surface area is 103 Å². The van der Waals surface area contributed by atoms with Gasteiger partial charge in [-0.3, -0.25) is 0 Å². The highest BCUT2D eigenvalue weighted by atomic mass is 16.6. The number of nitrogens with two attached hydrogens (primary N) is 1. The van der Waals surface area contributed by atoms with E-state index in [1.54, 1.807) is 0 Å². The molecule has 17 heavy (non-hydrogen) atoms. The van der Waals surface area contributed by atoms with Gasteiger partial charge in [0, 0.05) is 13.1 Å². The third kappa shape index (κ3) is 2.41. The first-order valence-corrected chi connectivity index (χ1v) is 6.57. The van der Waals surface area contributed by atoms with Crippen molar-refractivity contribution in [1.29, 1.82) is 0 Å². The van der Waals surface area contributed by atoms with Gasteiger partial charge in [0.25, 0.3) is 0 Å². The number of carbonyl (C=O) groups is 1. The van der Waals surface area contributed by atoms with Gasteiger partial charge in [0.05, 0.1) is 5.54 Å².